The van der Waals surface area contributed by atoms with Crippen LogP contribution in [0.25, 0.3) is 28.2 Å². The molecule has 0 saturated heterocycles. The molecule has 7 heteroatoms. The van der Waals surface area contributed by atoms with Gasteiger partial charge in [0.1, 0.15) is 0 Å². The highest BCUT2D eigenvalue weighted by atomic mass is 16.1. The van der Waals surface area contributed by atoms with Crippen LogP contribution in [0.4, 0.5) is 0 Å². The number of nitrogens with zero attached hydrogens (tertiary/aromatic N) is 4. The number of pyridine rings is 1. The van der Waals surface area contributed by atoms with Crippen molar-refractivity contribution >= 4 is 11.6 Å². The average molecular weight is 443 g/mol. The summed E-state index contributed by atoms with van der Waals surface area (Å²) in [4.78, 5) is 22.7. The third-order valence-electron chi connectivity index (χ3n) is 5.53. The van der Waals surface area contributed by atoms with E-state index in [1.54, 1.807) is 10.7 Å². The molecule has 0 aliphatic heterocycles. The fourth-order valence-corrected chi connectivity index (χ4v) is 3.70. The van der Waals surface area contributed by atoms with Crippen LogP contribution in [0.15, 0.2) is 60.9 Å². The average Bonchev–Trinajstić information content (AvgIpc) is 3.26. The number of carbonyl (C=O) groups is 1. The van der Waals surface area contributed by atoms with E-state index in [0.29, 0.717) is 23.4 Å². The first-order valence-corrected chi connectivity index (χ1v) is 11.4. The number of carbonyl (C=O) groups excluding carboxylic acids is 1. The largest absolute Gasteiger partial charge is 0.350 e. The summed E-state index contributed by atoms with van der Waals surface area (Å²) in [5.41, 5.74) is 5.54. The first-order chi connectivity index (χ1) is 16.0. The quantitative estimate of drug-likeness (QED) is 0.425. The second-order valence-electron chi connectivity index (χ2n) is 8.49. The Morgan fingerprint density at radius 3 is 2.55 bits per heavy atom. The normalized spacial score (nSPS) is 12.3. The summed E-state index contributed by atoms with van der Waals surface area (Å²) in [7, 11) is 0. The van der Waals surface area contributed by atoms with Crippen molar-refractivity contribution in [3.05, 3.63) is 72.2 Å². The lowest BCUT2D eigenvalue weighted by Crippen LogP contribution is -2.38. The molecule has 0 radical (unpaired) electrons. The molecule has 33 heavy (non-hydrogen) atoms. The lowest BCUT2D eigenvalue weighted by Gasteiger charge is -2.15. The van der Waals surface area contributed by atoms with Crippen molar-refractivity contribution in [2.24, 2.45) is 0 Å². The maximum absolute atomic E-state index is 12.9. The SMILES string of the molecule is CCNC(C)CNC(=O)c1cc(-c2cnn3ccc(-c4ccccc4)nc23)nc(C(C)C)c1. The van der Waals surface area contributed by atoms with Crippen LogP contribution in [0.2, 0.25) is 0 Å². The number of hydrogen-bond acceptors (Lipinski definition) is 5. The van der Waals surface area contributed by atoms with E-state index in [-0.39, 0.29) is 17.9 Å². The molecule has 4 aromatic rings. The zero-order chi connectivity index (χ0) is 23.4. The predicted octanol–water partition coefficient (Wildman–Crippen LogP) is 4.31. The Bertz CT molecular complexity index is 1250. The zero-order valence-electron chi connectivity index (χ0n) is 19.5. The van der Waals surface area contributed by atoms with Gasteiger partial charge in [0, 0.05) is 35.6 Å². The van der Waals surface area contributed by atoms with Crippen molar-refractivity contribution in [1.29, 1.82) is 0 Å². The van der Waals surface area contributed by atoms with Crippen molar-refractivity contribution < 1.29 is 4.79 Å². The van der Waals surface area contributed by atoms with E-state index < -0.39 is 0 Å². The van der Waals surface area contributed by atoms with E-state index >= 15 is 0 Å². The maximum atomic E-state index is 12.9. The topological polar surface area (TPSA) is 84.2 Å². The number of amides is 1. The molecule has 0 aliphatic rings. The number of rotatable bonds is 8. The highest BCUT2D eigenvalue weighted by Crippen LogP contribution is 2.27. The molecule has 0 bridgehead atoms. The minimum absolute atomic E-state index is 0.111. The Kier molecular flexibility index (Phi) is 6.79. The summed E-state index contributed by atoms with van der Waals surface area (Å²) in [6.45, 7) is 9.67. The smallest absolute Gasteiger partial charge is 0.251 e. The number of hydrogen-bond donors (Lipinski definition) is 2. The molecule has 7 nitrogen and oxygen atoms in total. The van der Waals surface area contributed by atoms with Crippen molar-refractivity contribution in [1.82, 2.24) is 30.2 Å². The van der Waals surface area contributed by atoms with Crippen molar-refractivity contribution in [3.8, 4) is 22.5 Å². The molecule has 1 unspecified atom stereocenters. The molecule has 2 N–H and O–H groups in total. The van der Waals surface area contributed by atoms with Crippen LogP contribution in [-0.4, -0.2) is 44.6 Å². The summed E-state index contributed by atoms with van der Waals surface area (Å²) < 4.78 is 1.74. The van der Waals surface area contributed by atoms with E-state index in [2.05, 4.69) is 43.4 Å². The third-order valence-corrected chi connectivity index (χ3v) is 5.53. The summed E-state index contributed by atoms with van der Waals surface area (Å²) in [6, 6.07) is 15.9. The molecule has 0 aliphatic carbocycles. The van der Waals surface area contributed by atoms with Gasteiger partial charge in [-0.05, 0) is 37.6 Å². The standard InChI is InChI=1S/C26H30N6O/c1-5-27-18(4)15-28-26(33)20-13-23(17(2)3)30-24(14-20)21-16-29-32-12-11-22(31-25(21)32)19-9-7-6-8-10-19/h6-14,16-18,27H,5,15H2,1-4H3,(H,28,33). The fraction of sp³-hybridized carbons (Fsp3) is 0.308. The van der Waals surface area contributed by atoms with Gasteiger partial charge in [-0.2, -0.15) is 5.10 Å². The maximum Gasteiger partial charge on any atom is 0.251 e. The van der Waals surface area contributed by atoms with Crippen LogP contribution in [0.1, 0.15) is 49.7 Å². The summed E-state index contributed by atoms with van der Waals surface area (Å²) in [5.74, 6) is 0.0616. The van der Waals surface area contributed by atoms with Crippen LogP contribution >= 0.6 is 0 Å². The lowest BCUT2D eigenvalue weighted by atomic mass is 10.0. The van der Waals surface area contributed by atoms with Gasteiger partial charge in [-0.1, -0.05) is 51.1 Å². The van der Waals surface area contributed by atoms with Gasteiger partial charge in [-0.15, -0.1) is 0 Å². The van der Waals surface area contributed by atoms with Crippen LogP contribution in [0, 0.1) is 0 Å². The first kappa shape index (κ1) is 22.6. The van der Waals surface area contributed by atoms with Gasteiger partial charge < -0.3 is 10.6 Å². The Hall–Kier alpha value is -3.58. The molecule has 170 valence electrons. The summed E-state index contributed by atoms with van der Waals surface area (Å²) in [6.07, 6.45) is 3.66. The second-order valence-corrected chi connectivity index (χ2v) is 8.49. The summed E-state index contributed by atoms with van der Waals surface area (Å²) in [5, 5.41) is 10.8. The predicted molar refractivity (Wildman–Crippen MR) is 131 cm³/mol. The van der Waals surface area contributed by atoms with Gasteiger partial charge in [-0.25, -0.2) is 9.50 Å². The Morgan fingerprint density at radius 2 is 1.82 bits per heavy atom. The van der Waals surface area contributed by atoms with E-state index in [9.17, 15) is 4.79 Å². The zero-order valence-corrected chi connectivity index (χ0v) is 19.5. The third kappa shape index (κ3) is 5.09. The number of nitrogens with one attached hydrogen (secondary N) is 2. The molecule has 1 amide bonds. The van der Waals surface area contributed by atoms with Gasteiger partial charge in [0.15, 0.2) is 5.65 Å². The van der Waals surface area contributed by atoms with E-state index in [1.165, 1.54) is 0 Å². The minimum atomic E-state index is -0.111. The molecule has 3 aromatic heterocycles. The van der Waals surface area contributed by atoms with Crippen LogP contribution in [-0.2, 0) is 0 Å². The lowest BCUT2D eigenvalue weighted by molar-refractivity contribution is 0.0950. The van der Waals surface area contributed by atoms with Gasteiger partial charge in [0.25, 0.3) is 5.91 Å². The van der Waals surface area contributed by atoms with Crippen molar-refractivity contribution in [3.63, 3.8) is 0 Å². The van der Waals surface area contributed by atoms with Gasteiger partial charge in [-0.3, -0.25) is 9.78 Å². The molecule has 0 spiro atoms. The van der Waals surface area contributed by atoms with E-state index in [4.69, 9.17) is 9.97 Å². The Labute approximate surface area is 194 Å². The number of fused-ring (bicyclic) bond motifs is 1. The highest BCUT2D eigenvalue weighted by Gasteiger charge is 2.17. The first-order valence-electron chi connectivity index (χ1n) is 11.4. The van der Waals surface area contributed by atoms with Crippen molar-refractivity contribution in [2.45, 2.75) is 39.7 Å². The molecule has 0 fully saturated rings. The van der Waals surface area contributed by atoms with Gasteiger partial charge in [0.05, 0.1) is 23.1 Å². The molecule has 4 rings (SSSR count). The summed E-state index contributed by atoms with van der Waals surface area (Å²) >= 11 is 0. The van der Waals surface area contributed by atoms with E-state index in [1.807, 2.05) is 54.7 Å². The molecular formula is C26H30N6O. The molecule has 0 saturated carbocycles. The van der Waals surface area contributed by atoms with E-state index in [0.717, 1.165) is 29.1 Å². The number of benzene rings is 1. The molecular weight excluding hydrogens is 412 g/mol. The second kappa shape index (κ2) is 9.92. The fourth-order valence-electron chi connectivity index (χ4n) is 3.70. The van der Waals surface area contributed by atoms with Crippen LogP contribution in [0.3, 0.4) is 0 Å². The number of likely N-dealkylation sites (N-methyl/N-ethyl adjacent to an activating group) is 1. The minimum Gasteiger partial charge on any atom is -0.350 e. The van der Waals surface area contributed by atoms with Gasteiger partial charge in [0.2, 0.25) is 0 Å². The highest BCUT2D eigenvalue weighted by molar-refractivity contribution is 5.95. The monoisotopic (exact) mass is 442 g/mol. The van der Waals surface area contributed by atoms with Gasteiger partial charge >= 0.3 is 0 Å². The Morgan fingerprint density at radius 1 is 1.03 bits per heavy atom. The van der Waals surface area contributed by atoms with Crippen molar-refractivity contribution in [2.75, 3.05) is 13.1 Å². The Balaban J connectivity index is 1.73. The molecule has 1 aromatic carbocycles. The molecule has 3 heterocycles. The molecule has 1 atom stereocenters. The van der Waals surface area contributed by atoms with Crippen LogP contribution in [0.5, 0.6) is 0 Å². The number of aromatic nitrogens is 4. The van der Waals surface area contributed by atoms with Crippen LogP contribution < -0.4 is 10.6 Å².